The molecule has 1 atom stereocenters. The molecule has 0 spiro atoms. The molecule has 0 saturated heterocycles. The largest absolute Gasteiger partial charge is 0.460 e. The van der Waals surface area contributed by atoms with Crippen LogP contribution in [0.1, 0.15) is 24.5 Å². The van der Waals surface area contributed by atoms with Gasteiger partial charge in [0.25, 0.3) is 0 Å². The molecule has 4 nitrogen and oxygen atoms in total. The van der Waals surface area contributed by atoms with Crippen molar-refractivity contribution in [3.8, 4) is 0 Å². The average Bonchev–Trinajstić information content (AvgIpc) is 2.86. The molecule has 1 aliphatic rings. The van der Waals surface area contributed by atoms with Crippen molar-refractivity contribution in [1.29, 1.82) is 0 Å². The van der Waals surface area contributed by atoms with Crippen molar-refractivity contribution >= 4 is 17.6 Å². The molecule has 1 aliphatic heterocycles. The van der Waals surface area contributed by atoms with Gasteiger partial charge in [-0.1, -0.05) is 54.1 Å². The van der Waals surface area contributed by atoms with Crippen LogP contribution >= 0.6 is 0 Å². The van der Waals surface area contributed by atoms with Crippen LogP contribution in [-0.4, -0.2) is 11.9 Å². The Labute approximate surface area is 141 Å². The lowest BCUT2D eigenvalue weighted by atomic mass is 9.76. The van der Waals surface area contributed by atoms with Crippen molar-refractivity contribution in [1.82, 2.24) is 0 Å². The molecule has 2 aromatic carbocycles. The first-order chi connectivity index (χ1) is 11.5. The second-order valence-electron chi connectivity index (χ2n) is 6.10. The molecule has 0 radical (unpaired) electrons. The second-order valence-corrected chi connectivity index (χ2v) is 6.10. The fourth-order valence-corrected chi connectivity index (χ4v) is 3.06. The molecule has 122 valence electrons. The van der Waals surface area contributed by atoms with Crippen LogP contribution in [0.4, 0.5) is 5.69 Å². The highest BCUT2D eigenvalue weighted by molar-refractivity contribution is 6.19. The van der Waals surface area contributed by atoms with Gasteiger partial charge in [0.15, 0.2) is 5.41 Å². The maximum absolute atomic E-state index is 12.9. The van der Waals surface area contributed by atoms with Gasteiger partial charge in [0.1, 0.15) is 6.61 Å². The first-order valence-electron chi connectivity index (χ1n) is 7.80. The van der Waals surface area contributed by atoms with Crippen LogP contribution in [0.15, 0.2) is 66.7 Å². The molecule has 1 amide bonds. The van der Waals surface area contributed by atoms with Gasteiger partial charge in [0.2, 0.25) is 5.91 Å². The monoisotopic (exact) mass is 321 g/mol. The molecule has 0 aromatic heterocycles. The van der Waals surface area contributed by atoms with Crippen LogP contribution in [0.2, 0.25) is 0 Å². The van der Waals surface area contributed by atoms with Gasteiger partial charge in [0, 0.05) is 11.3 Å². The summed E-state index contributed by atoms with van der Waals surface area (Å²) in [6, 6.07) is 16.6. The van der Waals surface area contributed by atoms with Gasteiger partial charge in [-0.25, -0.2) is 0 Å². The topological polar surface area (TPSA) is 55.4 Å². The van der Waals surface area contributed by atoms with E-state index in [-0.39, 0.29) is 18.9 Å². The summed E-state index contributed by atoms with van der Waals surface area (Å²) in [4.78, 5) is 25.6. The Hall–Kier alpha value is -2.88. The number of carbonyl (C=O) groups excluding carboxylic acids is 2. The van der Waals surface area contributed by atoms with E-state index < -0.39 is 11.4 Å². The molecule has 3 rings (SSSR count). The molecular weight excluding hydrogens is 302 g/mol. The van der Waals surface area contributed by atoms with Gasteiger partial charge in [-0.3, -0.25) is 9.59 Å². The molecule has 0 fully saturated rings. The smallest absolute Gasteiger partial charge is 0.326 e. The van der Waals surface area contributed by atoms with Crippen LogP contribution in [0.5, 0.6) is 0 Å². The van der Waals surface area contributed by atoms with Crippen LogP contribution in [0.25, 0.3) is 0 Å². The predicted octanol–water partition coefficient (Wildman–Crippen LogP) is 3.59. The lowest BCUT2D eigenvalue weighted by Gasteiger charge is -2.25. The highest BCUT2D eigenvalue weighted by Gasteiger charge is 2.54. The highest BCUT2D eigenvalue weighted by Crippen LogP contribution is 2.42. The van der Waals surface area contributed by atoms with Crippen LogP contribution in [0, 0.1) is 0 Å². The maximum atomic E-state index is 12.9. The number of fused-ring (bicyclic) bond motifs is 1. The summed E-state index contributed by atoms with van der Waals surface area (Å²) in [5.41, 5.74) is 1.56. The highest BCUT2D eigenvalue weighted by atomic mass is 16.5. The zero-order chi connectivity index (χ0) is 17.2. The first kappa shape index (κ1) is 16.0. The van der Waals surface area contributed by atoms with Gasteiger partial charge in [-0.15, -0.1) is 6.58 Å². The fourth-order valence-electron chi connectivity index (χ4n) is 3.06. The molecule has 0 saturated carbocycles. The summed E-state index contributed by atoms with van der Waals surface area (Å²) in [6.45, 7) is 5.82. The Balaban J connectivity index is 1.93. The summed E-state index contributed by atoms with van der Waals surface area (Å²) in [7, 11) is 0. The SMILES string of the molecule is C=C(C)C[C@]1(C(=O)OCc2ccccc2)C(=O)Nc2ccccc21. The lowest BCUT2D eigenvalue weighted by molar-refractivity contribution is -0.154. The van der Waals surface area contributed by atoms with Crippen molar-refractivity contribution in [3.63, 3.8) is 0 Å². The van der Waals surface area contributed by atoms with E-state index in [1.165, 1.54) is 0 Å². The minimum atomic E-state index is -1.36. The molecule has 24 heavy (non-hydrogen) atoms. The second kappa shape index (κ2) is 6.32. The van der Waals surface area contributed by atoms with E-state index in [9.17, 15) is 9.59 Å². The summed E-state index contributed by atoms with van der Waals surface area (Å²) >= 11 is 0. The number of ether oxygens (including phenoxy) is 1. The van der Waals surface area contributed by atoms with Gasteiger partial charge in [-0.2, -0.15) is 0 Å². The Kier molecular flexibility index (Phi) is 4.21. The third-order valence-corrected chi connectivity index (χ3v) is 4.15. The summed E-state index contributed by atoms with van der Waals surface area (Å²) in [6.07, 6.45) is 0.226. The molecule has 0 unspecified atom stereocenters. The van der Waals surface area contributed by atoms with E-state index in [2.05, 4.69) is 11.9 Å². The van der Waals surface area contributed by atoms with Crippen molar-refractivity contribution in [2.75, 3.05) is 5.32 Å². The quantitative estimate of drug-likeness (QED) is 0.520. The fraction of sp³-hybridized carbons (Fsp3) is 0.200. The Morgan fingerprint density at radius 1 is 1.12 bits per heavy atom. The number of hydrogen-bond acceptors (Lipinski definition) is 3. The van der Waals surface area contributed by atoms with Crippen molar-refractivity contribution < 1.29 is 14.3 Å². The number of benzene rings is 2. The van der Waals surface area contributed by atoms with E-state index >= 15 is 0 Å². The van der Waals surface area contributed by atoms with Gasteiger partial charge >= 0.3 is 5.97 Å². The lowest BCUT2D eigenvalue weighted by Crippen LogP contribution is -2.44. The number of rotatable bonds is 5. The Morgan fingerprint density at radius 2 is 1.79 bits per heavy atom. The number of esters is 1. The van der Waals surface area contributed by atoms with E-state index in [4.69, 9.17) is 4.74 Å². The molecule has 2 aromatic rings. The Bertz CT molecular complexity index is 798. The summed E-state index contributed by atoms with van der Waals surface area (Å²) < 4.78 is 5.50. The third-order valence-electron chi connectivity index (χ3n) is 4.15. The van der Waals surface area contributed by atoms with Gasteiger partial charge in [-0.05, 0) is 25.0 Å². The van der Waals surface area contributed by atoms with E-state index in [1.807, 2.05) is 42.5 Å². The summed E-state index contributed by atoms with van der Waals surface area (Å²) in [5, 5.41) is 2.79. The minimum absolute atomic E-state index is 0.132. The predicted molar refractivity (Wildman–Crippen MR) is 92.4 cm³/mol. The summed E-state index contributed by atoms with van der Waals surface area (Å²) in [5.74, 6) is -0.901. The Morgan fingerprint density at radius 3 is 2.50 bits per heavy atom. The van der Waals surface area contributed by atoms with Crippen LogP contribution in [0.3, 0.4) is 0 Å². The molecule has 4 heteroatoms. The number of allylic oxidation sites excluding steroid dienone is 1. The molecule has 0 bridgehead atoms. The third kappa shape index (κ3) is 2.71. The maximum Gasteiger partial charge on any atom is 0.326 e. The zero-order valence-corrected chi connectivity index (χ0v) is 13.5. The first-order valence-corrected chi connectivity index (χ1v) is 7.80. The molecule has 0 aliphatic carbocycles. The number of nitrogens with one attached hydrogen (secondary N) is 1. The van der Waals surface area contributed by atoms with Crippen molar-refractivity contribution in [3.05, 3.63) is 77.9 Å². The zero-order valence-electron chi connectivity index (χ0n) is 13.5. The van der Waals surface area contributed by atoms with E-state index in [0.29, 0.717) is 11.3 Å². The van der Waals surface area contributed by atoms with E-state index in [0.717, 1.165) is 11.1 Å². The average molecular weight is 321 g/mol. The molecular formula is C20H19NO3. The van der Waals surface area contributed by atoms with Crippen molar-refractivity contribution in [2.24, 2.45) is 0 Å². The number of carbonyl (C=O) groups is 2. The molecule has 1 N–H and O–H groups in total. The number of para-hydroxylation sites is 1. The number of amides is 1. The van der Waals surface area contributed by atoms with Gasteiger partial charge in [0.05, 0.1) is 0 Å². The normalized spacial score (nSPS) is 18.6. The molecule has 1 heterocycles. The number of hydrogen-bond donors (Lipinski definition) is 1. The number of anilines is 1. The minimum Gasteiger partial charge on any atom is -0.460 e. The van der Waals surface area contributed by atoms with Crippen molar-refractivity contribution in [2.45, 2.75) is 25.4 Å². The van der Waals surface area contributed by atoms with E-state index in [1.54, 1.807) is 19.1 Å². The standard InChI is InChI=1S/C20H19NO3/c1-14(2)12-20(16-10-6-7-11-17(16)21-18(20)22)19(23)24-13-15-8-4-3-5-9-15/h3-11H,1,12-13H2,2H3,(H,21,22)/t20-/m1/s1. The van der Waals surface area contributed by atoms with Crippen LogP contribution in [-0.2, 0) is 26.3 Å². The van der Waals surface area contributed by atoms with Gasteiger partial charge < -0.3 is 10.1 Å². The van der Waals surface area contributed by atoms with Crippen LogP contribution < -0.4 is 5.32 Å².